The minimum Gasteiger partial charge on any atom is -0.505 e. The number of phenolic OH excluding ortho intramolecular Hbond substituents is 1. The zero-order chi connectivity index (χ0) is 20.0. The van der Waals surface area contributed by atoms with Gasteiger partial charge >= 0.3 is 0 Å². The van der Waals surface area contributed by atoms with E-state index < -0.39 is 0 Å². The number of hydrogen-bond donors (Lipinski definition) is 1. The van der Waals surface area contributed by atoms with Gasteiger partial charge in [-0.1, -0.05) is 24.3 Å². The van der Waals surface area contributed by atoms with E-state index in [-0.39, 0.29) is 0 Å². The Hall–Kier alpha value is -2.88. The number of rotatable bonds is 2. The number of anilines is 1. The van der Waals surface area contributed by atoms with E-state index in [0.29, 0.717) is 11.4 Å². The highest BCUT2D eigenvalue weighted by atomic mass is 16.3. The van der Waals surface area contributed by atoms with E-state index in [1.165, 1.54) is 17.7 Å². The second-order valence-corrected chi connectivity index (χ2v) is 8.12. The fraction of sp³-hybridized carbons (Fsp3) is 0.360. The first kappa shape index (κ1) is 18.2. The third-order valence-electron chi connectivity index (χ3n) is 6.22. The van der Waals surface area contributed by atoms with Gasteiger partial charge in [-0.05, 0) is 62.8 Å². The van der Waals surface area contributed by atoms with Gasteiger partial charge in [0.15, 0.2) is 0 Å². The lowest BCUT2D eigenvalue weighted by Crippen LogP contribution is -2.34. The van der Waals surface area contributed by atoms with Gasteiger partial charge in [0.05, 0.1) is 11.4 Å². The smallest absolute Gasteiger partial charge is 0.146 e. The van der Waals surface area contributed by atoms with Crippen LogP contribution in [0.4, 0.5) is 11.4 Å². The van der Waals surface area contributed by atoms with Crippen LogP contribution < -0.4 is 4.90 Å². The lowest BCUT2D eigenvalue weighted by Gasteiger charge is -2.37. The molecule has 0 bridgehead atoms. The van der Waals surface area contributed by atoms with Gasteiger partial charge in [0.1, 0.15) is 11.4 Å². The van der Waals surface area contributed by atoms with Gasteiger partial charge in [-0.3, -0.25) is 4.99 Å². The van der Waals surface area contributed by atoms with Crippen molar-refractivity contribution in [3.05, 3.63) is 64.2 Å². The first-order chi connectivity index (χ1) is 14.2. The summed E-state index contributed by atoms with van der Waals surface area (Å²) in [5, 5.41) is 11.1. The second-order valence-electron chi connectivity index (χ2n) is 8.12. The largest absolute Gasteiger partial charge is 0.505 e. The van der Waals surface area contributed by atoms with Crippen molar-refractivity contribution in [1.29, 1.82) is 0 Å². The van der Waals surface area contributed by atoms with Gasteiger partial charge in [-0.15, -0.1) is 0 Å². The minimum atomic E-state index is 0.362. The van der Waals surface area contributed by atoms with Crippen LogP contribution in [0.1, 0.15) is 48.9 Å². The van der Waals surface area contributed by atoms with E-state index in [4.69, 9.17) is 4.99 Å². The Kier molecular flexibility index (Phi) is 4.50. The van der Waals surface area contributed by atoms with Crippen LogP contribution in [0.15, 0.2) is 52.0 Å². The van der Waals surface area contributed by atoms with Crippen LogP contribution in [0, 0.1) is 0 Å². The van der Waals surface area contributed by atoms with Gasteiger partial charge in [0.2, 0.25) is 0 Å². The topological polar surface area (TPSA) is 48.2 Å². The molecule has 2 aromatic rings. The van der Waals surface area contributed by atoms with E-state index >= 15 is 0 Å². The highest BCUT2D eigenvalue weighted by molar-refractivity contribution is 6.28. The van der Waals surface area contributed by atoms with Crippen LogP contribution in [-0.4, -0.2) is 36.2 Å². The lowest BCUT2D eigenvalue weighted by atomic mass is 9.88. The van der Waals surface area contributed by atoms with E-state index in [9.17, 15) is 5.11 Å². The first-order valence-corrected chi connectivity index (χ1v) is 10.7. The molecule has 4 heteroatoms. The molecule has 0 unspecified atom stereocenters. The number of aliphatic imine (C=N–C) groups is 2. The fourth-order valence-corrected chi connectivity index (χ4v) is 4.96. The molecular weight excluding hydrogens is 358 g/mol. The number of fused-ring (bicyclic) bond motifs is 1. The summed E-state index contributed by atoms with van der Waals surface area (Å²) in [4.78, 5) is 12.1. The van der Waals surface area contributed by atoms with Gasteiger partial charge in [0.25, 0.3) is 0 Å². The maximum Gasteiger partial charge on any atom is 0.146 e. The normalized spacial score (nSPS) is 20.5. The number of allylic oxidation sites excluding steroid dienone is 2. The summed E-state index contributed by atoms with van der Waals surface area (Å²) in [6.45, 7) is 7.10. The Morgan fingerprint density at radius 3 is 2.62 bits per heavy atom. The molecule has 2 aromatic carbocycles. The molecule has 29 heavy (non-hydrogen) atoms. The predicted molar refractivity (Wildman–Crippen MR) is 120 cm³/mol. The van der Waals surface area contributed by atoms with E-state index in [2.05, 4.69) is 48.0 Å². The SMILES string of the molecule is CCN=C1C=C(C)C(=Nc2cc3c4c(c2O)CCCN4CCC3)c2ccccc21. The standard InChI is InChI=1S/C25H27N3O/c1-3-26-21-14-16(2)23(19-10-5-4-9-18(19)21)27-22-15-17-8-6-12-28-13-7-11-20(24(17)28)25(22)29/h4-5,9-10,14-15,29H,3,6-8,11-13H2,1-2H3. The van der Waals surface area contributed by atoms with Crippen molar-refractivity contribution in [2.75, 3.05) is 24.5 Å². The zero-order valence-electron chi connectivity index (χ0n) is 17.2. The molecule has 0 saturated heterocycles. The Balaban J connectivity index is 1.68. The molecule has 0 amide bonds. The maximum absolute atomic E-state index is 11.1. The quantitative estimate of drug-likeness (QED) is 0.792. The van der Waals surface area contributed by atoms with E-state index in [1.807, 2.05) is 12.1 Å². The number of phenols is 1. The third kappa shape index (κ3) is 2.98. The predicted octanol–water partition coefficient (Wildman–Crippen LogP) is 4.98. The van der Waals surface area contributed by atoms with Gasteiger partial charge < -0.3 is 10.0 Å². The minimum absolute atomic E-state index is 0.362. The molecule has 2 aliphatic heterocycles. The van der Waals surface area contributed by atoms with Crippen molar-refractivity contribution < 1.29 is 5.11 Å². The molecule has 1 aliphatic carbocycles. The fourth-order valence-electron chi connectivity index (χ4n) is 4.96. The molecule has 0 saturated carbocycles. The molecule has 5 rings (SSSR count). The van der Waals surface area contributed by atoms with Crippen molar-refractivity contribution in [3.63, 3.8) is 0 Å². The van der Waals surface area contributed by atoms with Crippen molar-refractivity contribution in [1.82, 2.24) is 0 Å². The molecule has 0 fully saturated rings. The average molecular weight is 386 g/mol. The molecule has 3 aliphatic rings. The summed E-state index contributed by atoms with van der Waals surface area (Å²) in [5.41, 5.74) is 9.64. The highest BCUT2D eigenvalue weighted by Crippen LogP contribution is 2.45. The lowest BCUT2D eigenvalue weighted by molar-refractivity contribution is 0.464. The molecule has 0 radical (unpaired) electrons. The molecule has 2 heterocycles. The molecule has 4 nitrogen and oxygen atoms in total. The summed E-state index contributed by atoms with van der Waals surface area (Å²) in [7, 11) is 0. The van der Waals surface area contributed by atoms with Crippen molar-refractivity contribution >= 4 is 22.8 Å². The monoisotopic (exact) mass is 385 g/mol. The van der Waals surface area contributed by atoms with E-state index in [0.717, 1.165) is 72.6 Å². The zero-order valence-corrected chi connectivity index (χ0v) is 17.2. The summed E-state index contributed by atoms with van der Waals surface area (Å²) >= 11 is 0. The van der Waals surface area contributed by atoms with Crippen LogP contribution in [0.5, 0.6) is 5.75 Å². The van der Waals surface area contributed by atoms with E-state index in [1.54, 1.807) is 0 Å². The van der Waals surface area contributed by atoms with Gasteiger partial charge in [-0.2, -0.15) is 0 Å². The Bertz CT molecular complexity index is 1080. The molecule has 0 atom stereocenters. The first-order valence-electron chi connectivity index (χ1n) is 10.7. The number of nitrogens with zero attached hydrogens (tertiary/aromatic N) is 3. The van der Waals surface area contributed by atoms with Crippen LogP contribution in [0.3, 0.4) is 0 Å². The summed E-state index contributed by atoms with van der Waals surface area (Å²) in [6.07, 6.45) is 6.38. The third-order valence-corrected chi connectivity index (χ3v) is 6.22. The number of aromatic hydroxyl groups is 1. The molecule has 148 valence electrons. The average Bonchev–Trinajstić information content (AvgIpc) is 2.74. The summed E-state index contributed by atoms with van der Waals surface area (Å²) < 4.78 is 0. The molecular formula is C25H27N3O. The number of benzene rings is 2. The summed E-state index contributed by atoms with van der Waals surface area (Å²) in [6, 6.07) is 10.4. The maximum atomic E-state index is 11.1. The Labute approximate surface area is 172 Å². The number of hydrogen-bond acceptors (Lipinski definition) is 4. The van der Waals surface area contributed by atoms with Crippen molar-refractivity contribution in [3.8, 4) is 5.75 Å². The second kappa shape index (κ2) is 7.18. The van der Waals surface area contributed by atoms with Gasteiger partial charge in [0, 0.05) is 42.0 Å². The van der Waals surface area contributed by atoms with Crippen molar-refractivity contribution in [2.45, 2.75) is 39.5 Å². The van der Waals surface area contributed by atoms with Crippen LogP contribution in [0.25, 0.3) is 0 Å². The highest BCUT2D eigenvalue weighted by Gasteiger charge is 2.28. The van der Waals surface area contributed by atoms with Crippen LogP contribution >= 0.6 is 0 Å². The molecule has 1 N–H and O–H groups in total. The van der Waals surface area contributed by atoms with Crippen LogP contribution in [0.2, 0.25) is 0 Å². The Morgan fingerprint density at radius 2 is 1.83 bits per heavy atom. The van der Waals surface area contributed by atoms with Crippen molar-refractivity contribution in [2.24, 2.45) is 9.98 Å². The molecule has 0 spiro atoms. The Morgan fingerprint density at radius 1 is 1.07 bits per heavy atom. The van der Waals surface area contributed by atoms with Crippen LogP contribution in [-0.2, 0) is 12.8 Å². The van der Waals surface area contributed by atoms with Gasteiger partial charge in [-0.25, -0.2) is 4.99 Å². The molecule has 0 aromatic heterocycles. The number of aryl methyl sites for hydroxylation is 1. The summed E-state index contributed by atoms with van der Waals surface area (Å²) in [5.74, 6) is 0.362.